The van der Waals surface area contributed by atoms with Gasteiger partial charge in [-0.3, -0.25) is 4.79 Å². The zero-order valence-corrected chi connectivity index (χ0v) is 16.0. The molecule has 0 fully saturated rings. The number of thiophene rings is 1. The van der Waals surface area contributed by atoms with Crippen LogP contribution in [-0.2, 0) is 6.54 Å². The van der Waals surface area contributed by atoms with Crippen LogP contribution >= 0.6 is 23.1 Å². The summed E-state index contributed by atoms with van der Waals surface area (Å²) in [6, 6.07) is 9.60. The molecule has 7 heteroatoms. The second kappa shape index (κ2) is 7.95. The fraction of sp³-hybridized carbons (Fsp3) is 0.278. The summed E-state index contributed by atoms with van der Waals surface area (Å²) < 4.78 is 5.29. The number of hydrogen-bond acceptors (Lipinski definition) is 7. The molecule has 0 bridgehead atoms. The van der Waals surface area contributed by atoms with Gasteiger partial charge in [-0.1, -0.05) is 11.8 Å². The van der Waals surface area contributed by atoms with Crippen molar-refractivity contribution in [3.8, 4) is 5.75 Å². The van der Waals surface area contributed by atoms with E-state index in [4.69, 9.17) is 4.74 Å². The maximum Gasteiger partial charge on any atom is 0.183 e. The molecular formula is C18H19N3O2S2. The van der Waals surface area contributed by atoms with Crippen LogP contribution in [0, 0.1) is 6.92 Å². The Morgan fingerprint density at radius 1 is 1.28 bits per heavy atom. The fourth-order valence-corrected chi connectivity index (χ4v) is 4.42. The molecule has 0 spiro atoms. The molecule has 0 radical (unpaired) electrons. The van der Waals surface area contributed by atoms with E-state index in [0.717, 1.165) is 38.0 Å². The van der Waals surface area contributed by atoms with Gasteiger partial charge in [0.2, 0.25) is 0 Å². The van der Waals surface area contributed by atoms with Crippen molar-refractivity contribution in [1.29, 1.82) is 0 Å². The number of aromatic nitrogens is 2. The summed E-state index contributed by atoms with van der Waals surface area (Å²) in [5.41, 5.74) is 0.857. The molecule has 0 saturated heterocycles. The van der Waals surface area contributed by atoms with Crippen molar-refractivity contribution in [2.45, 2.75) is 18.5 Å². The SMILES string of the molecule is CNCc1ccc(C(=O)CSc2nc(C)nc3ccc(OC)cc23)s1. The first-order chi connectivity index (χ1) is 12.1. The van der Waals surface area contributed by atoms with Crippen LogP contribution < -0.4 is 10.1 Å². The van der Waals surface area contributed by atoms with Gasteiger partial charge in [0, 0.05) is 16.8 Å². The Kier molecular flexibility index (Phi) is 5.67. The zero-order chi connectivity index (χ0) is 17.8. The quantitative estimate of drug-likeness (QED) is 0.387. The van der Waals surface area contributed by atoms with Crippen LogP contribution in [0.15, 0.2) is 35.4 Å². The van der Waals surface area contributed by atoms with Crippen molar-refractivity contribution >= 4 is 39.8 Å². The third-order valence-corrected chi connectivity index (χ3v) is 5.72. The van der Waals surface area contributed by atoms with E-state index < -0.39 is 0 Å². The van der Waals surface area contributed by atoms with Gasteiger partial charge in [0.25, 0.3) is 0 Å². The van der Waals surface area contributed by atoms with Crippen molar-refractivity contribution in [2.24, 2.45) is 0 Å². The average molecular weight is 374 g/mol. The van der Waals surface area contributed by atoms with Crippen LogP contribution in [0.3, 0.4) is 0 Å². The standard InChI is InChI=1S/C18H19N3O2S2/c1-11-20-15-6-4-12(23-3)8-14(15)18(21-11)24-10-16(22)17-7-5-13(25-17)9-19-2/h4-8,19H,9-10H2,1-3H3. The van der Waals surface area contributed by atoms with Crippen LogP contribution in [-0.4, -0.2) is 35.7 Å². The molecule has 1 N–H and O–H groups in total. The number of thioether (sulfide) groups is 1. The third-order valence-electron chi connectivity index (χ3n) is 3.61. The highest BCUT2D eigenvalue weighted by atomic mass is 32.2. The summed E-state index contributed by atoms with van der Waals surface area (Å²) in [6.07, 6.45) is 0. The van der Waals surface area contributed by atoms with Crippen molar-refractivity contribution in [3.05, 3.63) is 45.9 Å². The molecule has 1 aromatic carbocycles. The van der Waals surface area contributed by atoms with E-state index in [1.165, 1.54) is 23.1 Å². The summed E-state index contributed by atoms with van der Waals surface area (Å²) >= 11 is 2.98. The number of methoxy groups -OCH3 is 1. The minimum absolute atomic E-state index is 0.115. The van der Waals surface area contributed by atoms with E-state index in [1.807, 2.05) is 44.3 Å². The first-order valence-electron chi connectivity index (χ1n) is 7.82. The highest BCUT2D eigenvalue weighted by molar-refractivity contribution is 8.00. The second-order valence-electron chi connectivity index (χ2n) is 5.47. The minimum atomic E-state index is 0.115. The molecule has 0 unspecified atom stereocenters. The highest BCUT2D eigenvalue weighted by Crippen LogP contribution is 2.29. The number of benzene rings is 1. The van der Waals surface area contributed by atoms with Crippen LogP contribution in [0.1, 0.15) is 20.4 Å². The smallest absolute Gasteiger partial charge is 0.183 e. The summed E-state index contributed by atoms with van der Waals surface area (Å²) in [4.78, 5) is 23.4. The number of Topliss-reactive ketones (excluding diaryl/α,β-unsaturated/α-hetero) is 1. The second-order valence-corrected chi connectivity index (χ2v) is 7.60. The Labute approximate surface area is 154 Å². The predicted molar refractivity (Wildman–Crippen MR) is 103 cm³/mol. The summed E-state index contributed by atoms with van der Waals surface area (Å²) in [6.45, 7) is 2.64. The van der Waals surface area contributed by atoms with Crippen LogP contribution in [0.5, 0.6) is 5.75 Å². The Hall–Kier alpha value is -1.96. The number of nitrogens with zero attached hydrogens (tertiary/aromatic N) is 2. The molecule has 2 heterocycles. The number of carbonyl (C=O) groups excluding carboxylic acids is 1. The molecule has 0 amide bonds. The molecular weight excluding hydrogens is 354 g/mol. The van der Waals surface area contributed by atoms with Crippen LogP contribution in [0.2, 0.25) is 0 Å². The number of fused-ring (bicyclic) bond motifs is 1. The molecule has 0 saturated carbocycles. The topological polar surface area (TPSA) is 64.1 Å². The van der Waals surface area contributed by atoms with Gasteiger partial charge in [-0.2, -0.15) is 0 Å². The molecule has 0 atom stereocenters. The number of carbonyl (C=O) groups is 1. The number of ether oxygens (including phenoxy) is 1. The molecule has 2 aromatic heterocycles. The molecule has 5 nitrogen and oxygen atoms in total. The van der Waals surface area contributed by atoms with E-state index in [9.17, 15) is 4.79 Å². The lowest BCUT2D eigenvalue weighted by Gasteiger charge is -2.08. The van der Waals surface area contributed by atoms with E-state index >= 15 is 0 Å². The molecule has 0 aliphatic rings. The lowest BCUT2D eigenvalue weighted by molar-refractivity contribution is 0.102. The lowest BCUT2D eigenvalue weighted by atomic mass is 10.2. The van der Waals surface area contributed by atoms with Crippen molar-refractivity contribution in [3.63, 3.8) is 0 Å². The average Bonchev–Trinajstić information content (AvgIpc) is 3.08. The van der Waals surface area contributed by atoms with Gasteiger partial charge in [-0.25, -0.2) is 9.97 Å². The van der Waals surface area contributed by atoms with Crippen molar-refractivity contribution < 1.29 is 9.53 Å². The Bertz CT molecular complexity index is 908. The van der Waals surface area contributed by atoms with E-state index in [2.05, 4.69) is 15.3 Å². The monoisotopic (exact) mass is 373 g/mol. The molecule has 25 heavy (non-hydrogen) atoms. The number of hydrogen-bond donors (Lipinski definition) is 1. The Balaban J connectivity index is 1.80. The molecule has 3 rings (SSSR count). The number of rotatable bonds is 7. The predicted octanol–water partition coefficient (Wildman–Crippen LogP) is 3.70. The molecule has 130 valence electrons. The molecule has 0 aliphatic carbocycles. The Morgan fingerprint density at radius 3 is 2.88 bits per heavy atom. The maximum absolute atomic E-state index is 12.5. The number of aryl methyl sites for hydroxylation is 1. The largest absolute Gasteiger partial charge is 0.497 e. The number of ketones is 1. The first-order valence-corrected chi connectivity index (χ1v) is 9.62. The van der Waals surface area contributed by atoms with Gasteiger partial charge in [-0.15, -0.1) is 11.3 Å². The first kappa shape index (κ1) is 17.8. The normalized spacial score (nSPS) is 11.0. The highest BCUT2D eigenvalue weighted by Gasteiger charge is 2.13. The molecule has 0 aliphatic heterocycles. The summed E-state index contributed by atoms with van der Waals surface area (Å²) in [5.74, 6) is 1.91. The molecule has 3 aromatic rings. The van der Waals surface area contributed by atoms with Gasteiger partial charge in [0.05, 0.1) is 23.3 Å². The van der Waals surface area contributed by atoms with Gasteiger partial charge in [0.1, 0.15) is 16.6 Å². The van der Waals surface area contributed by atoms with Gasteiger partial charge >= 0.3 is 0 Å². The zero-order valence-electron chi connectivity index (χ0n) is 14.3. The minimum Gasteiger partial charge on any atom is -0.497 e. The summed E-state index contributed by atoms with van der Waals surface area (Å²) in [5, 5.41) is 4.81. The summed E-state index contributed by atoms with van der Waals surface area (Å²) in [7, 11) is 3.53. The van der Waals surface area contributed by atoms with E-state index in [0.29, 0.717) is 11.6 Å². The van der Waals surface area contributed by atoms with Gasteiger partial charge in [-0.05, 0) is 44.3 Å². The third kappa shape index (κ3) is 4.18. The van der Waals surface area contributed by atoms with Crippen molar-refractivity contribution in [1.82, 2.24) is 15.3 Å². The van der Waals surface area contributed by atoms with E-state index in [-0.39, 0.29) is 5.78 Å². The number of nitrogens with one attached hydrogen (secondary N) is 1. The van der Waals surface area contributed by atoms with Crippen LogP contribution in [0.25, 0.3) is 10.9 Å². The van der Waals surface area contributed by atoms with Gasteiger partial charge in [0.15, 0.2) is 5.78 Å². The fourth-order valence-electron chi connectivity index (χ4n) is 2.43. The van der Waals surface area contributed by atoms with Gasteiger partial charge < -0.3 is 10.1 Å². The van der Waals surface area contributed by atoms with E-state index in [1.54, 1.807) is 7.11 Å². The lowest BCUT2D eigenvalue weighted by Crippen LogP contribution is -2.03. The Morgan fingerprint density at radius 2 is 2.12 bits per heavy atom. The maximum atomic E-state index is 12.5. The van der Waals surface area contributed by atoms with Crippen molar-refractivity contribution in [2.75, 3.05) is 19.9 Å². The van der Waals surface area contributed by atoms with Crippen LogP contribution in [0.4, 0.5) is 0 Å².